The molecule has 4 N–H and O–H groups in total. The van der Waals surface area contributed by atoms with Crippen LogP contribution < -0.4 is 10.6 Å². The Hall–Kier alpha value is -3.39. The van der Waals surface area contributed by atoms with Gasteiger partial charge in [0.15, 0.2) is 6.10 Å². The third-order valence-electron chi connectivity index (χ3n) is 5.62. The van der Waals surface area contributed by atoms with Crippen molar-refractivity contribution >= 4 is 18.0 Å². The number of aliphatic hydroxyl groups is 1. The molecule has 3 rings (SSSR count). The smallest absolute Gasteiger partial charge is 0.407 e. The summed E-state index contributed by atoms with van der Waals surface area (Å²) in [6.07, 6.45) is -2.25. The number of carboxylic acids is 1. The molecule has 1 atom stereocenters. The number of hydrogen-bond acceptors (Lipinski definition) is 5. The largest absolute Gasteiger partial charge is 0.479 e. The van der Waals surface area contributed by atoms with Crippen LogP contribution in [0.5, 0.6) is 0 Å². The number of carbonyl (C=O) groups excluding carboxylic acids is 2. The number of fused-ring (bicyclic) bond motifs is 3. The first kappa shape index (κ1) is 23.3. The van der Waals surface area contributed by atoms with Crippen LogP contribution >= 0.6 is 0 Å². The lowest BCUT2D eigenvalue weighted by Gasteiger charge is -2.24. The first-order valence-corrected chi connectivity index (χ1v) is 10.5. The molecule has 170 valence electrons. The Morgan fingerprint density at radius 3 is 2.12 bits per heavy atom. The van der Waals surface area contributed by atoms with E-state index in [-0.39, 0.29) is 37.9 Å². The van der Waals surface area contributed by atoms with Gasteiger partial charge in [-0.25, -0.2) is 9.59 Å². The maximum absolute atomic E-state index is 12.3. The van der Waals surface area contributed by atoms with E-state index in [0.717, 1.165) is 22.3 Å². The zero-order valence-electron chi connectivity index (χ0n) is 18.1. The van der Waals surface area contributed by atoms with Crippen LogP contribution in [0.1, 0.15) is 37.3 Å². The van der Waals surface area contributed by atoms with E-state index < -0.39 is 23.6 Å². The molecule has 0 saturated carbocycles. The van der Waals surface area contributed by atoms with Crippen LogP contribution in [-0.4, -0.2) is 54.0 Å². The molecule has 1 aliphatic rings. The lowest BCUT2D eigenvalue weighted by molar-refractivity contribution is -0.147. The second-order valence-electron chi connectivity index (χ2n) is 8.46. The highest BCUT2D eigenvalue weighted by molar-refractivity contribution is 5.83. The maximum Gasteiger partial charge on any atom is 0.407 e. The van der Waals surface area contributed by atoms with Gasteiger partial charge in [0.2, 0.25) is 5.91 Å². The number of benzene rings is 2. The minimum atomic E-state index is -1.53. The Morgan fingerprint density at radius 2 is 1.56 bits per heavy atom. The van der Waals surface area contributed by atoms with E-state index in [2.05, 4.69) is 22.8 Å². The van der Waals surface area contributed by atoms with E-state index >= 15 is 0 Å². The van der Waals surface area contributed by atoms with E-state index in [1.54, 1.807) is 13.8 Å². The molecule has 0 fully saturated rings. The highest BCUT2D eigenvalue weighted by Gasteiger charge is 2.31. The summed E-state index contributed by atoms with van der Waals surface area (Å²) in [4.78, 5) is 35.3. The molecule has 2 aromatic rings. The van der Waals surface area contributed by atoms with Crippen molar-refractivity contribution in [3.63, 3.8) is 0 Å². The van der Waals surface area contributed by atoms with Gasteiger partial charge in [-0.3, -0.25) is 4.79 Å². The number of amides is 2. The summed E-state index contributed by atoms with van der Waals surface area (Å²) < 4.78 is 5.47. The Morgan fingerprint density at radius 1 is 1.00 bits per heavy atom. The van der Waals surface area contributed by atoms with Crippen LogP contribution in [0.25, 0.3) is 11.1 Å². The first-order chi connectivity index (χ1) is 15.2. The minimum absolute atomic E-state index is 0.0146. The van der Waals surface area contributed by atoms with Gasteiger partial charge in [0.1, 0.15) is 6.61 Å². The standard InChI is InChI=1S/C24H28N2O6/c1-24(2,22(30)25-12-11-20(27)21(28)29)14-26-23(31)32-13-19-17-9-5-3-7-15(17)16-8-4-6-10-18(16)19/h3-10,19-20,27H,11-14H2,1-2H3,(H,25,30)(H,26,31)(H,28,29). The summed E-state index contributed by atoms with van der Waals surface area (Å²) >= 11 is 0. The Balaban J connectivity index is 1.50. The summed E-state index contributed by atoms with van der Waals surface area (Å²) in [5, 5.41) is 23.1. The molecular formula is C24H28N2O6. The molecule has 0 bridgehead atoms. The quantitative estimate of drug-likeness (QED) is 0.475. The number of rotatable bonds is 9. The predicted molar refractivity (Wildman–Crippen MR) is 118 cm³/mol. The molecule has 0 aromatic heterocycles. The number of carbonyl (C=O) groups is 3. The molecule has 0 heterocycles. The second-order valence-corrected chi connectivity index (χ2v) is 8.46. The average molecular weight is 440 g/mol. The number of aliphatic hydroxyl groups excluding tert-OH is 1. The lowest BCUT2D eigenvalue weighted by atomic mass is 9.92. The van der Waals surface area contributed by atoms with Gasteiger partial charge in [0.25, 0.3) is 0 Å². The van der Waals surface area contributed by atoms with Gasteiger partial charge in [-0.2, -0.15) is 0 Å². The maximum atomic E-state index is 12.3. The Kier molecular flexibility index (Phi) is 7.15. The fraction of sp³-hybridized carbons (Fsp3) is 0.375. The highest BCUT2D eigenvalue weighted by Crippen LogP contribution is 2.44. The SMILES string of the molecule is CC(C)(CNC(=O)OCC1c2ccccc2-c2ccccc21)C(=O)NCCC(O)C(=O)O. The van der Waals surface area contributed by atoms with Crippen molar-refractivity contribution in [2.24, 2.45) is 5.41 Å². The summed E-state index contributed by atoms with van der Waals surface area (Å²) in [5.41, 5.74) is 3.57. The number of aliphatic carboxylic acids is 1. The number of nitrogens with one attached hydrogen (secondary N) is 2. The van der Waals surface area contributed by atoms with Crippen molar-refractivity contribution in [3.8, 4) is 11.1 Å². The van der Waals surface area contributed by atoms with Crippen molar-refractivity contribution in [1.29, 1.82) is 0 Å². The molecular weight excluding hydrogens is 412 g/mol. The predicted octanol–water partition coefficient (Wildman–Crippen LogP) is 2.50. The molecule has 2 amide bonds. The van der Waals surface area contributed by atoms with Gasteiger partial charge in [-0.15, -0.1) is 0 Å². The van der Waals surface area contributed by atoms with Gasteiger partial charge < -0.3 is 25.6 Å². The third-order valence-corrected chi connectivity index (χ3v) is 5.62. The molecule has 2 aromatic carbocycles. The average Bonchev–Trinajstić information content (AvgIpc) is 3.10. The van der Waals surface area contributed by atoms with E-state index in [4.69, 9.17) is 9.84 Å². The van der Waals surface area contributed by atoms with Crippen LogP contribution in [0.3, 0.4) is 0 Å². The molecule has 0 radical (unpaired) electrons. The van der Waals surface area contributed by atoms with Gasteiger partial charge in [-0.05, 0) is 36.1 Å². The van der Waals surface area contributed by atoms with Gasteiger partial charge in [0.05, 0.1) is 5.41 Å². The normalized spacial score (nSPS) is 13.6. The summed E-state index contributed by atoms with van der Waals surface area (Å²) in [6.45, 7) is 3.54. The molecule has 1 aliphatic carbocycles. The van der Waals surface area contributed by atoms with Crippen LogP contribution in [0, 0.1) is 5.41 Å². The first-order valence-electron chi connectivity index (χ1n) is 10.5. The van der Waals surface area contributed by atoms with Gasteiger partial charge in [-0.1, -0.05) is 48.5 Å². The van der Waals surface area contributed by atoms with E-state index in [1.165, 1.54) is 0 Å². The van der Waals surface area contributed by atoms with Gasteiger partial charge in [0, 0.05) is 25.4 Å². The molecule has 1 unspecified atom stereocenters. The second kappa shape index (κ2) is 9.82. The van der Waals surface area contributed by atoms with E-state index in [1.807, 2.05) is 36.4 Å². The fourth-order valence-electron chi connectivity index (χ4n) is 3.71. The molecule has 0 saturated heterocycles. The topological polar surface area (TPSA) is 125 Å². The highest BCUT2D eigenvalue weighted by atomic mass is 16.5. The zero-order valence-corrected chi connectivity index (χ0v) is 18.1. The summed E-state index contributed by atoms with van der Waals surface area (Å²) in [5.74, 6) is -1.76. The number of ether oxygens (including phenoxy) is 1. The summed E-state index contributed by atoms with van der Waals surface area (Å²) in [6, 6.07) is 16.1. The van der Waals surface area contributed by atoms with Crippen molar-refractivity contribution < 1.29 is 29.3 Å². The minimum Gasteiger partial charge on any atom is -0.479 e. The van der Waals surface area contributed by atoms with Crippen LogP contribution in [-0.2, 0) is 14.3 Å². The van der Waals surface area contributed by atoms with E-state index in [0.29, 0.717) is 0 Å². The number of carboxylic acid groups (broad SMARTS) is 1. The summed E-state index contributed by atoms with van der Waals surface area (Å²) in [7, 11) is 0. The lowest BCUT2D eigenvalue weighted by Crippen LogP contribution is -2.45. The van der Waals surface area contributed by atoms with Crippen LogP contribution in [0.4, 0.5) is 4.79 Å². The Labute approximate surface area is 186 Å². The Bertz CT molecular complexity index is 958. The molecule has 0 aliphatic heterocycles. The molecule has 0 spiro atoms. The number of alkyl carbamates (subject to hydrolysis) is 1. The van der Waals surface area contributed by atoms with Crippen LogP contribution in [0.15, 0.2) is 48.5 Å². The molecule has 8 heteroatoms. The monoisotopic (exact) mass is 440 g/mol. The third kappa shape index (κ3) is 5.26. The molecule has 32 heavy (non-hydrogen) atoms. The van der Waals surface area contributed by atoms with E-state index in [9.17, 15) is 19.5 Å². The van der Waals surface area contributed by atoms with Gasteiger partial charge >= 0.3 is 12.1 Å². The fourth-order valence-corrected chi connectivity index (χ4v) is 3.71. The van der Waals surface area contributed by atoms with Crippen molar-refractivity contribution in [2.45, 2.75) is 32.3 Å². The zero-order chi connectivity index (χ0) is 23.3. The van der Waals surface area contributed by atoms with Crippen LogP contribution in [0.2, 0.25) is 0 Å². The number of hydrogen-bond donors (Lipinski definition) is 4. The van der Waals surface area contributed by atoms with Crippen molar-refractivity contribution in [2.75, 3.05) is 19.7 Å². The van der Waals surface area contributed by atoms with Crippen molar-refractivity contribution in [1.82, 2.24) is 10.6 Å². The molecule has 8 nitrogen and oxygen atoms in total. The van der Waals surface area contributed by atoms with Crippen molar-refractivity contribution in [3.05, 3.63) is 59.7 Å².